The summed E-state index contributed by atoms with van der Waals surface area (Å²) in [6.07, 6.45) is 10.3. The lowest BCUT2D eigenvalue weighted by molar-refractivity contribution is -0.149. The van der Waals surface area contributed by atoms with Crippen LogP contribution in [0.15, 0.2) is 48.5 Å². The van der Waals surface area contributed by atoms with Crippen LogP contribution in [0.4, 0.5) is 11.6 Å². The summed E-state index contributed by atoms with van der Waals surface area (Å²) in [6.45, 7) is 11.4. The molecule has 2 amide bonds. The highest BCUT2D eigenvalue weighted by molar-refractivity contribution is 7.14. The van der Waals surface area contributed by atoms with E-state index in [4.69, 9.17) is 0 Å². The minimum Gasteiger partial charge on any atom is -0.481 e. The predicted octanol–water partition coefficient (Wildman–Crippen LogP) is 6.41. The third kappa shape index (κ3) is 12.0. The van der Waals surface area contributed by atoms with Crippen LogP contribution < -0.4 is 20.4 Å². The number of anilines is 2. The van der Waals surface area contributed by atoms with E-state index in [0.29, 0.717) is 38.8 Å². The Morgan fingerprint density at radius 3 is 1.29 bits per heavy atom. The molecule has 62 heavy (non-hydrogen) atoms. The van der Waals surface area contributed by atoms with E-state index in [1.54, 1.807) is 23.1 Å². The Morgan fingerprint density at radius 2 is 0.903 bits per heavy atom. The third-order valence-corrected chi connectivity index (χ3v) is 14.9. The first-order valence-corrected chi connectivity index (χ1v) is 24.5. The van der Waals surface area contributed by atoms with Gasteiger partial charge in [-0.3, -0.25) is 29.0 Å². The Kier molecular flexibility index (Phi) is 16.8. The Morgan fingerprint density at radius 1 is 0.532 bits per heavy atom. The van der Waals surface area contributed by atoms with Crippen molar-refractivity contribution < 1.29 is 29.4 Å². The number of fused-ring (bicyclic) bond motifs is 2. The molecule has 14 nitrogen and oxygen atoms in total. The van der Waals surface area contributed by atoms with E-state index in [-0.39, 0.29) is 23.7 Å². The van der Waals surface area contributed by atoms with Crippen LogP contribution in [0.25, 0.3) is 20.2 Å². The number of nitrogens with one attached hydrogen (secondary N) is 2. The first kappa shape index (κ1) is 45.6. The summed E-state index contributed by atoms with van der Waals surface area (Å²) in [5.41, 5.74) is 0. The molecular weight excluding hydrogens is 825 g/mol. The van der Waals surface area contributed by atoms with Crippen molar-refractivity contribution in [2.24, 2.45) is 23.7 Å². The standard InChI is InChI=1S/2C23H32N4O3S/c2*28-22(17-7-1-2-8-18(17)23(29)30)24-11-5-6-12-26-13-15-27(16-14-26)21-19-9-3-4-10-20(19)31-25-21/h2*3-4,9-10,17-18H,1-2,5-8,11-16H2,(H,24,28)(H,29,30)/t2*17-,18+/m10/s1. The number of amides is 2. The molecule has 0 bridgehead atoms. The number of rotatable bonds is 16. The number of carbonyl (C=O) groups excluding carboxylic acids is 2. The molecule has 4 heterocycles. The third-order valence-electron chi connectivity index (χ3n) is 13.3. The minimum absolute atomic E-state index is 0.0730. The predicted molar refractivity (Wildman–Crippen MR) is 247 cm³/mol. The maximum atomic E-state index is 12.4. The fourth-order valence-corrected chi connectivity index (χ4v) is 11.2. The second-order valence-electron chi connectivity index (χ2n) is 17.3. The van der Waals surface area contributed by atoms with Gasteiger partial charge < -0.3 is 30.6 Å². The fraction of sp³-hybridized carbons (Fsp3) is 0.609. The van der Waals surface area contributed by atoms with Crippen molar-refractivity contribution in [3.8, 4) is 0 Å². The quantitative estimate of drug-likeness (QED) is 0.0914. The molecule has 16 heteroatoms. The number of benzene rings is 2. The molecule has 2 saturated carbocycles. The number of aliphatic carboxylic acids is 2. The summed E-state index contributed by atoms with van der Waals surface area (Å²) in [7, 11) is 0. The lowest BCUT2D eigenvalue weighted by Gasteiger charge is -2.35. The number of piperazine rings is 2. The number of carboxylic acid groups (broad SMARTS) is 2. The molecule has 0 radical (unpaired) electrons. The van der Waals surface area contributed by atoms with Gasteiger partial charge in [-0.05, 0) is 112 Å². The van der Waals surface area contributed by atoms with Gasteiger partial charge in [-0.25, -0.2) is 0 Å². The second kappa shape index (κ2) is 22.8. The van der Waals surface area contributed by atoms with Gasteiger partial charge in [0.05, 0.1) is 33.1 Å². The number of unbranched alkanes of at least 4 members (excludes halogenated alkanes) is 2. The molecule has 2 aromatic heterocycles. The molecule has 336 valence electrons. The fourth-order valence-electron chi connectivity index (χ4n) is 9.65. The van der Waals surface area contributed by atoms with Crippen LogP contribution in [0.1, 0.15) is 77.0 Å². The molecule has 8 rings (SSSR count). The molecule has 2 aliphatic heterocycles. The van der Waals surface area contributed by atoms with Gasteiger partial charge in [-0.15, -0.1) is 0 Å². The average Bonchev–Trinajstić information content (AvgIpc) is 3.94. The Hall–Kier alpha value is -4.38. The van der Waals surface area contributed by atoms with E-state index in [1.807, 2.05) is 0 Å². The van der Waals surface area contributed by atoms with Crippen LogP contribution in [0.3, 0.4) is 0 Å². The Bertz CT molecular complexity index is 1930. The molecule has 2 aliphatic carbocycles. The highest BCUT2D eigenvalue weighted by atomic mass is 32.1. The minimum atomic E-state index is -0.829. The zero-order valence-electron chi connectivity index (χ0n) is 35.9. The first-order valence-electron chi connectivity index (χ1n) is 22.9. The molecule has 0 spiro atoms. The first-order chi connectivity index (χ1) is 30.3. The van der Waals surface area contributed by atoms with Gasteiger partial charge in [-0.1, -0.05) is 49.9 Å². The zero-order valence-corrected chi connectivity index (χ0v) is 37.6. The van der Waals surface area contributed by atoms with Gasteiger partial charge in [0.25, 0.3) is 0 Å². The van der Waals surface area contributed by atoms with Crippen molar-refractivity contribution in [2.75, 3.05) is 88.3 Å². The lowest BCUT2D eigenvalue weighted by atomic mass is 9.78. The summed E-state index contributed by atoms with van der Waals surface area (Å²) in [5, 5.41) is 27.2. The molecule has 2 saturated heterocycles. The number of carboxylic acids is 2. The number of hydrogen-bond donors (Lipinski definition) is 4. The zero-order chi connectivity index (χ0) is 43.3. The van der Waals surface area contributed by atoms with Crippen molar-refractivity contribution in [1.29, 1.82) is 0 Å². The van der Waals surface area contributed by atoms with E-state index in [9.17, 15) is 29.4 Å². The average molecular weight is 889 g/mol. The van der Waals surface area contributed by atoms with Crippen molar-refractivity contribution in [3.05, 3.63) is 48.5 Å². The van der Waals surface area contributed by atoms with Crippen LogP contribution in [0, 0.1) is 23.7 Å². The summed E-state index contributed by atoms with van der Waals surface area (Å²) < 4.78 is 11.8. The normalized spacial score (nSPS) is 22.5. The number of nitrogens with zero attached hydrogens (tertiary/aromatic N) is 6. The molecule has 4 atom stereocenters. The van der Waals surface area contributed by atoms with Crippen molar-refractivity contribution in [2.45, 2.75) is 77.0 Å². The molecule has 0 unspecified atom stereocenters. The SMILES string of the molecule is O=C(NCCCCN1CCN(c2nsc3ccccc23)CC1)[C@H]1CCCC[C@H]1C(=O)O.O=C(O)[C@H]1CCCC[C@H]1C(=O)NCCCCN1CCN(c2nsc3ccccc23)CC1. The van der Waals surface area contributed by atoms with E-state index in [0.717, 1.165) is 128 Å². The van der Waals surface area contributed by atoms with E-state index in [1.165, 1.54) is 20.2 Å². The maximum absolute atomic E-state index is 12.4. The summed E-state index contributed by atoms with van der Waals surface area (Å²) in [4.78, 5) is 57.4. The van der Waals surface area contributed by atoms with Gasteiger partial charge in [0, 0.05) is 76.2 Å². The molecule has 2 aromatic carbocycles. The highest BCUT2D eigenvalue weighted by Gasteiger charge is 2.36. The van der Waals surface area contributed by atoms with Crippen LogP contribution in [0.2, 0.25) is 0 Å². The maximum Gasteiger partial charge on any atom is 0.307 e. The van der Waals surface area contributed by atoms with Crippen LogP contribution in [-0.2, 0) is 19.2 Å². The largest absolute Gasteiger partial charge is 0.481 e. The van der Waals surface area contributed by atoms with Crippen LogP contribution in [-0.4, -0.2) is 131 Å². The second-order valence-corrected chi connectivity index (χ2v) is 18.9. The van der Waals surface area contributed by atoms with Gasteiger partial charge in [0.15, 0.2) is 0 Å². The number of hydrogen-bond acceptors (Lipinski definition) is 12. The van der Waals surface area contributed by atoms with E-state index >= 15 is 0 Å². The van der Waals surface area contributed by atoms with Crippen molar-refractivity contribution >= 4 is 78.6 Å². The summed E-state index contributed by atoms with van der Waals surface area (Å²) >= 11 is 3.14. The Balaban J connectivity index is 0.000000186. The topological polar surface area (TPSA) is 172 Å². The number of carbonyl (C=O) groups is 4. The van der Waals surface area contributed by atoms with Gasteiger partial charge in [0.1, 0.15) is 11.6 Å². The van der Waals surface area contributed by atoms with Crippen LogP contribution in [0.5, 0.6) is 0 Å². The van der Waals surface area contributed by atoms with Gasteiger partial charge in [-0.2, -0.15) is 8.75 Å². The molecule has 4 aromatic rings. The van der Waals surface area contributed by atoms with E-state index < -0.39 is 23.8 Å². The molecule has 4 fully saturated rings. The lowest BCUT2D eigenvalue weighted by Crippen LogP contribution is -2.47. The number of aromatic nitrogens is 2. The van der Waals surface area contributed by atoms with Crippen molar-refractivity contribution in [1.82, 2.24) is 29.2 Å². The Labute approximate surface area is 373 Å². The van der Waals surface area contributed by atoms with Gasteiger partial charge >= 0.3 is 11.9 Å². The highest BCUT2D eigenvalue weighted by Crippen LogP contribution is 2.33. The molecule has 4 aliphatic rings. The summed E-state index contributed by atoms with van der Waals surface area (Å²) in [5.74, 6) is -1.32. The smallest absolute Gasteiger partial charge is 0.307 e. The molecular formula is C46H64N8O6S2. The van der Waals surface area contributed by atoms with Crippen molar-refractivity contribution in [3.63, 3.8) is 0 Å². The molecule has 4 N–H and O–H groups in total. The van der Waals surface area contributed by atoms with Gasteiger partial charge in [0.2, 0.25) is 11.8 Å². The van der Waals surface area contributed by atoms with E-state index in [2.05, 4.69) is 87.5 Å². The van der Waals surface area contributed by atoms with Crippen LogP contribution >= 0.6 is 23.1 Å². The monoisotopic (exact) mass is 888 g/mol. The summed E-state index contributed by atoms with van der Waals surface area (Å²) in [6, 6.07) is 16.8.